The smallest absolute Gasteiger partial charge is 0.316 e. The van der Waals surface area contributed by atoms with Crippen LogP contribution >= 0.6 is 0 Å². The molecule has 0 atom stereocenters. The highest BCUT2D eigenvalue weighted by molar-refractivity contribution is 5.93. The molecular weight excluding hydrogens is 491 g/mol. The third kappa shape index (κ3) is 4.41. The molecule has 2 heterocycles. The Bertz CT molecular complexity index is 1540. The third-order valence-electron chi connectivity index (χ3n) is 6.02. The molecule has 36 heavy (non-hydrogen) atoms. The molecule has 2 aromatic heterocycles. The Balaban J connectivity index is 1.69. The summed E-state index contributed by atoms with van der Waals surface area (Å²) in [6, 6.07) is 6.37. The highest BCUT2D eigenvalue weighted by Crippen LogP contribution is 2.56. The van der Waals surface area contributed by atoms with Crippen LogP contribution in [0.3, 0.4) is 0 Å². The number of alkyl halides is 5. The lowest BCUT2D eigenvalue weighted by Crippen LogP contribution is -2.31. The lowest BCUT2D eigenvalue weighted by Gasteiger charge is -2.26. The van der Waals surface area contributed by atoms with Gasteiger partial charge in [0.05, 0.1) is 10.9 Å². The number of anilines is 2. The summed E-state index contributed by atoms with van der Waals surface area (Å²) in [7, 11) is 0. The monoisotopic (exact) mass is 507 g/mol. The van der Waals surface area contributed by atoms with Crippen LogP contribution in [0.2, 0.25) is 0 Å². The molecule has 0 unspecified atom stereocenters. The molecule has 1 fully saturated rings. The molecule has 0 N–H and O–H groups in total. The highest BCUT2D eigenvalue weighted by Gasteiger charge is 2.58. The van der Waals surface area contributed by atoms with Crippen LogP contribution in [0.1, 0.15) is 25.3 Å². The van der Waals surface area contributed by atoms with Gasteiger partial charge in [-0.3, -0.25) is 4.40 Å². The SMILES string of the molecule is CC(F)(F)C1(C#Cc2cc(F)cc(N(CC(F)(F)F)c3nc4nncn4c4ccc(F)cc34)c2)CC1. The molecule has 5 nitrogen and oxygen atoms in total. The molecule has 0 aliphatic heterocycles. The van der Waals surface area contributed by atoms with E-state index in [-0.39, 0.29) is 46.6 Å². The van der Waals surface area contributed by atoms with E-state index in [1.165, 1.54) is 16.8 Å². The molecule has 0 bridgehead atoms. The van der Waals surface area contributed by atoms with Gasteiger partial charge in [0.15, 0.2) is 0 Å². The van der Waals surface area contributed by atoms with Crippen LogP contribution in [0.15, 0.2) is 42.7 Å². The van der Waals surface area contributed by atoms with Gasteiger partial charge in [0.2, 0.25) is 0 Å². The Morgan fingerprint density at radius 1 is 1.03 bits per heavy atom. The average molecular weight is 507 g/mol. The van der Waals surface area contributed by atoms with Crippen molar-refractivity contribution in [2.75, 3.05) is 11.4 Å². The van der Waals surface area contributed by atoms with Gasteiger partial charge in [-0.2, -0.15) is 18.2 Å². The Hall–Kier alpha value is -3.88. The van der Waals surface area contributed by atoms with Gasteiger partial charge in [-0.1, -0.05) is 11.8 Å². The normalized spacial score (nSPS) is 15.1. The Morgan fingerprint density at radius 3 is 2.44 bits per heavy atom. The van der Waals surface area contributed by atoms with Gasteiger partial charge in [0.1, 0.15) is 30.3 Å². The number of nitrogens with zero attached hydrogens (tertiary/aromatic N) is 5. The van der Waals surface area contributed by atoms with E-state index in [2.05, 4.69) is 27.0 Å². The maximum absolute atomic E-state index is 14.6. The van der Waals surface area contributed by atoms with Crippen molar-refractivity contribution in [2.45, 2.75) is 31.9 Å². The first-order valence-electron chi connectivity index (χ1n) is 10.7. The van der Waals surface area contributed by atoms with E-state index >= 15 is 0 Å². The minimum absolute atomic E-state index is 0.00833. The number of halogens is 7. The summed E-state index contributed by atoms with van der Waals surface area (Å²) in [5.41, 5.74) is -1.66. The van der Waals surface area contributed by atoms with Crippen molar-refractivity contribution < 1.29 is 30.7 Å². The molecule has 0 amide bonds. The zero-order valence-electron chi connectivity index (χ0n) is 18.5. The second-order valence-corrected chi connectivity index (χ2v) is 8.72. The molecule has 2 aromatic carbocycles. The van der Waals surface area contributed by atoms with Crippen LogP contribution < -0.4 is 4.90 Å². The van der Waals surface area contributed by atoms with Gasteiger partial charge in [-0.15, -0.1) is 10.2 Å². The molecule has 0 radical (unpaired) electrons. The minimum Gasteiger partial charge on any atom is -0.316 e. The van der Waals surface area contributed by atoms with Gasteiger partial charge in [-0.25, -0.2) is 17.6 Å². The van der Waals surface area contributed by atoms with Crippen molar-refractivity contribution >= 4 is 28.2 Å². The number of hydrogen-bond acceptors (Lipinski definition) is 4. The van der Waals surface area contributed by atoms with E-state index in [4.69, 9.17) is 0 Å². The molecule has 5 rings (SSSR count). The van der Waals surface area contributed by atoms with Crippen molar-refractivity contribution in [3.8, 4) is 11.8 Å². The van der Waals surface area contributed by atoms with Crippen molar-refractivity contribution in [1.29, 1.82) is 0 Å². The lowest BCUT2D eigenvalue weighted by atomic mass is 9.99. The van der Waals surface area contributed by atoms with Crippen LogP contribution in [0.5, 0.6) is 0 Å². The van der Waals surface area contributed by atoms with Crippen LogP contribution in [-0.4, -0.2) is 38.2 Å². The first kappa shape index (κ1) is 23.8. The number of hydrogen-bond donors (Lipinski definition) is 0. The number of benzene rings is 2. The van der Waals surface area contributed by atoms with E-state index < -0.39 is 35.7 Å². The number of aromatic nitrogens is 4. The molecule has 1 aliphatic carbocycles. The zero-order chi connectivity index (χ0) is 25.9. The van der Waals surface area contributed by atoms with E-state index in [0.717, 1.165) is 37.3 Å². The van der Waals surface area contributed by atoms with Crippen molar-refractivity contribution in [1.82, 2.24) is 19.6 Å². The van der Waals surface area contributed by atoms with Crippen LogP contribution in [0, 0.1) is 28.9 Å². The van der Waals surface area contributed by atoms with Crippen LogP contribution in [-0.2, 0) is 0 Å². The predicted molar refractivity (Wildman–Crippen MR) is 117 cm³/mol. The van der Waals surface area contributed by atoms with E-state index in [1.54, 1.807) is 0 Å². The second kappa shape index (κ2) is 8.08. The Kier molecular flexibility index (Phi) is 5.35. The summed E-state index contributed by atoms with van der Waals surface area (Å²) in [6.45, 7) is -0.865. The van der Waals surface area contributed by atoms with Gasteiger partial charge >= 0.3 is 6.18 Å². The largest absolute Gasteiger partial charge is 0.406 e. The van der Waals surface area contributed by atoms with Crippen LogP contribution in [0.25, 0.3) is 16.7 Å². The Morgan fingerprint density at radius 2 is 1.78 bits per heavy atom. The summed E-state index contributed by atoms with van der Waals surface area (Å²) >= 11 is 0. The van der Waals surface area contributed by atoms with Gasteiger partial charge < -0.3 is 4.90 Å². The summed E-state index contributed by atoms with van der Waals surface area (Å²) in [5.74, 6) is -0.190. The summed E-state index contributed by atoms with van der Waals surface area (Å²) in [4.78, 5) is 4.80. The zero-order valence-corrected chi connectivity index (χ0v) is 18.5. The maximum atomic E-state index is 14.6. The quantitative estimate of drug-likeness (QED) is 0.250. The third-order valence-corrected chi connectivity index (χ3v) is 6.02. The maximum Gasteiger partial charge on any atom is 0.406 e. The highest BCUT2D eigenvalue weighted by atomic mass is 19.4. The Labute approximate surface area is 199 Å². The summed E-state index contributed by atoms with van der Waals surface area (Å²) in [6.07, 6.45) is -3.19. The number of fused-ring (bicyclic) bond motifs is 3. The standard InChI is InChI=1S/C24H16F7N5/c1-22(27,28)23(6-7-23)5-4-14-8-16(26)10-17(9-14)35(12-24(29,30)31)20-18-11-15(25)2-3-19(18)36-13-32-34-21(36)33-20/h2-3,8-11,13H,6-7,12H2,1H3. The molecule has 4 aromatic rings. The first-order chi connectivity index (χ1) is 16.9. The molecule has 1 saturated carbocycles. The number of rotatable bonds is 4. The van der Waals surface area contributed by atoms with Crippen LogP contribution in [0.4, 0.5) is 42.2 Å². The van der Waals surface area contributed by atoms with Crippen molar-refractivity contribution in [3.63, 3.8) is 0 Å². The summed E-state index contributed by atoms with van der Waals surface area (Å²) in [5, 5.41) is 7.47. The molecule has 0 spiro atoms. The fourth-order valence-corrected chi connectivity index (χ4v) is 3.99. The minimum atomic E-state index is -4.78. The topological polar surface area (TPSA) is 46.3 Å². The summed E-state index contributed by atoms with van der Waals surface area (Å²) < 4.78 is 98.8. The van der Waals surface area contributed by atoms with Crippen molar-refractivity contribution in [3.05, 3.63) is 59.9 Å². The van der Waals surface area contributed by atoms with Gasteiger partial charge in [-0.05, 0) is 49.2 Å². The van der Waals surface area contributed by atoms with Crippen molar-refractivity contribution in [2.24, 2.45) is 5.41 Å². The van der Waals surface area contributed by atoms with E-state index in [0.29, 0.717) is 4.90 Å². The molecule has 0 saturated heterocycles. The fourth-order valence-electron chi connectivity index (χ4n) is 3.99. The van der Waals surface area contributed by atoms with Gasteiger partial charge in [0, 0.05) is 23.6 Å². The molecule has 12 heteroatoms. The fraction of sp³-hybridized carbons (Fsp3) is 0.292. The molecule has 1 aliphatic rings. The molecular formula is C24H16F7N5. The molecule has 186 valence electrons. The predicted octanol–water partition coefficient (Wildman–Crippen LogP) is 6.04. The van der Waals surface area contributed by atoms with E-state index in [9.17, 15) is 30.7 Å². The second-order valence-electron chi connectivity index (χ2n) is 8.72. The van der Waals surface area contributed by atoms with Gasteiger partial charge in [0.25, 0.3) is 11.7 Å². The lowest BCUT2D eigenvalue weighted by molar-refractivity contribution is -0.118. The average Bonchev–Trinajstić information content (AvgIpc) is 3.44. The first-order valence-corrected chi connectivity index (χ1v) is 10.7. The van der Waals surface area contributed by atoms with E-state index in [1.807, 2.05) is 0 Å².